The Morgan fingerprint density at radius 3 is 2.01 bits per heavy atom. The summed E-state index contributed by atoms with van der Waals surface area (Å²) in [7, 11) is 1.63. The number of benzene rings is 1. The maximum atomic E-state index is 13.7. The van der Waals surface area contributed by atoms with Gasteiger partial charge in [0.1, 0.15) is 57.1 Å². The summed E-state index contributed by atoms with van der Waals surface area (Å²) >= 11 is 2.81. The maximum Gasteiger partial charge on any atom is 0.249 e. The zero-order chi connectivity index (χ0) is 52.9. The highest BCUT2D eigenvalue weighted by Gasteiger charge is 2.50. The number of anilines is 4. The Kier molecular flexibility index (Phi) is 14.7. The van der Waals surface area contributed by atoms with Gasteiger partial charge in [-0.15, -0.1) is 22.7 Å². The quantitative estimate of drug-likeness (QED) is 0.0463. The Balaban J connectivity index is 0.929. The molecule has 0 aliphatic heterocycles. The van der Waals surface area contributed by atoms with Crippen molar-refractivity contribution in [3.63, 3.8) is 0 Å². The highest BCUT2D eigenvalue weighted by atomic mass is 32.1. The van der Waals surface area contributed by atoms with Gasteiger partial charge in [-0.3, -0.25) is 9.78 Å². The van der Waals surface area contributed by atoms with Gasteiger partial charge < -0.3 is 61.6 Å². The molecule has 4 fully saturated rings. The zero-order valence-corrected chi connectivity index (χ0v) is 44.3. The molecule has 6 aromatic heterocycles. The molecule has 0 saturated heterocycles. The molecule has 10 N–H and O–H groups in total. The van der Waals surface area contributed by atoms with Gasteiger partial charge in [0.25, 0.3) is 0 Å². The fourth-order valence-corrected chi connectivity index (χ4v) is 12.7. The number of fused-ring (bicyclic) bond motifs is 2. The first-order valence-corrected chi connectivity index (χ1v) is 27.6. The standard InChI is InChI=1S/C53H63N13O8S2/c1-23(27-11-12-27)57-53-59-25(3)38(50-63-39-26(4)54-17-15-35(39)75-50)47(66-53)62-33-20-31(42(69)48(72)60-30-13-14-30)45(44(33)71)74-49-40-36(16-18-55-49)76-51(64-40)37-24(2)58-52(56-21-34(73-5)28-9-7-6-8-10-28)65-46(37)61-32-19-29(22-67)41(68)43(32)70/h6-10,15-18,23,27,29-34,41-45,67-71H,11-14,19-22H2,1-5H3,(H,60,72)(H2,56,58,61,65)(H2,57,59,62,66)/t23-,29-,31-,32-,33-,34+,41-,42?,43+,44+,45-/m1/s1. The van der Waals surface area contributed by atoms with Crippen LogP contribution in [0.15, 0.2) is 54.9 Å². The number of pyridine rings is 2. The lowest BCUT2D eigenvalue weighted by molar-refractivity contribution is -0.134. The summed E-state index contributed by atoms with van der Waals surface area (Å²) in [6.45, 7) is 7.80. The predicted octanol–water partition coefficient (Wildman–Crippen LogP) is 5.31. The van der Waals surface area contributed by atoms with Crippen LogP contribution in [0, 0.1) is 38.5 Å². The number of hydrogen-bond donors (Lipinski definition) is 10. The molecule has 4 aliphatic rings. The molecule has 11 atom stereocenters. The minimum atomic E-state index is -1.55. The average molecular weight is 1070 g/mol. The second-order valence-corrected chi connectivity index (χ2v) is 22.7. The molecule has 400 valence electrons. The molecular formula is C53H63N13O8S2. The van der Waals surface area contributed by atoms with E-state index in [2.05, 4.69) is 43.5 Å². The van der Waals surface area contributed by atoms with E-state index in [0.717, 1.165) is 47.2 Å². The lowest BCUT2D eigenvalue weighted by Gasteiger charge is -2.26. The van der Waals surface area contributed by atoms with Crippen LogP contribution in [0.25, 0.3) is 41.6 Å². The number of ether oxygens (including phenoxy) is 2. The second-order valence-electron chi connectivity index (χ2n) is 20.6. The van der Waals surface area contributed by atoms with Crippen molar-refractivity contribution in [2.45, 2.75) is 127 Å². The lowest BCUT2D eigenvalue weighted by atomic mass is 9.97. The number of nitrogens with one attached hydrogen (secondary N) is 5. The van der Waals surface area contributed by atoms with Crippen LogP contribution in [-0.4, -0.2) is 146 Å². The summed E-state index contributed by atoms with van der Waals surface area (Å²) in [6, 6.07) is 12.1. The van der Waals surface area contributed by atoms with E-state index in [1.165, 1.54) is 22.7 Å². The van der Waals surface area contributed by atoms with Gasteiger partial charge in [0.05, 0.1) is 61.9 Å². The monoisotopic (exact) mass is 1070 g/mol. The van der Waals surface area contributed by atoms with Crippen LogP contribution in [0.2, 0.25) is 0 Å². The van der Waals surface area contributed by atoms with Crippen molar-refractivity contribution >= 4 is 72.5 Å². The Hall–Kier alpha value is -6.31. The molecule has 0 radical (unpaired) electrons. The highest BCUT2D eigenvalue weighted by molar-refractivity contribution is 7.22. The van der Waals surface area contributed by atoms with Gasteiger partial charge in [-0.1, -0.05) is 30.3 Å². The third kappa shape index (κ3) is 10.6. The number of aliphatic hydroxyl groups is 5. The first kappa shape index (κ1) is 51.8. The molecule has 1 amide bonds. The molecule has 6 heterocycles. The van der Waals surface area contributed by atoms with Crippen molar-refractivity contribution in [3.8, 4) is 27.0 Å². The normalized spacial score (nSPS) is 24.6. The summed E-state index contributed by atoms with van der Waals surface area (Å²) < 4.78 is 14.2. The number of carbonyl (C=O) groups excluding carboxylic acids is 1. The van der Waals surface area contributed by atoms with Gasteiger partial charge in [-0.25, -0.2) is 24.9 Å². The van der Waals surface area contributed by atoms with Crippen molar-refractivity contribution < 1.29 is 39.8 Å². The number of thiazole rings is 2. The first-order chi connectivity index (χ1) is 36.7. The molecule has 23 heteroatoms. The number of carbonyl (C=O) groups is 1. The van der Waals surface area contributed by atoms with Gasteiger partial charge in [0, 0.05) is 56.6 Å². The van der Waals surface area contributed by atoms with Gasteiger partial charge in [-0.2, -0.15) is 9.97 Å². The molecular weight excluding hydrogens is 1010 g/mol. The van der Waals surface area contributed by atoms with Gasteiger partial charge >= 0.3 is 0 Å². The molecule has 4 saturated carbocycles. The number of methoxy groups -OCH3 is 1. The number of hydrogen-bond acceptors (Lipinski definition) is 22. The SMILES string of the molecule is CO[C@@H](CNc1nc(C)c(-c2nc3c(O[C@H]4[C@@H](O)[C@H](Nc5nc(N[C@H](C)C6CC6)nc(C)c5-c5nc6c(C)nccc6s5)C[C@@H]4C(O)C(=O)NC4CC4)nccc3s2)c(N[C@@H]2C[C@H](CO)[C@@H](O)[C@H]2O)n1)c1ccccc1. The van der Waals surface area contributed by atoms with Crippen LogP contribution in [0.1, 0.15) is 74.2 Å². The van der Waals surface area contributed by atoms with E-state index >= 15 is 0 Å². The molecule has 0 spiro atoms. The highest BCUT2D eigenvalue weighted by Crippen LogP contribution is 2.44. The Bertz CT molecular complexity index is 3230. The third-order valence-corrected chi connectivity index (χ3v) is 17.3. The van der Waals surface area contributed by atoms with Crippen molar-refractivity contribution in [1.29, 1.82) is 0 Å². The number of nitrogens with zero attached hydrogens (tertiary/aromatic N) is 8. The van der Waals surface area contributed by atoms with Crippen molar-refractivity contribution in [3.05, 3.63) is 77.5 Å². The molecule has 4 aliphatic carbocycles. The summed E-state index contributed by atoms with van der Waals surface area (Å²) in [5.41, 5.74) is 5.26. The second kappa shape index (κ2) is 21.6. The van der Waals surface area contributed by atoms with Crippen LogP contribution in [0.5, 0.6) is 5.88 Å². The van der Waals surface area contributed by atoms with Crippen LogP contribution in [0.3, 0.4) is 0 Å². The summed E-state index contributed by atoms with van der Waals surface area (Å²) in [6.07, 6.45) is 0.895. The summed E-state index contributed by atoms with van der Waals surface area (Å²) in [5, 5.41) is 74.2. The van der Waals surface area contributed by atoms with E-state index in [9.17, 15) is 30.3 Å². The molecule has 11 rings (SSSR count). The topological polar surface area (TPSA) is 300 Å². The number of aliphatic hydroxyl groups excluding tert-OH is 5. The molecule has 1 unspecified atom stereocenters. The van der Waals surface area contributed by atoms with E-state index < -0.39 is 60.3 Å². The van der Waals surface area contributed by atoms with Crippen molar-refractivity contribution in [2.24, 2.45) is 17.8 Å². The van der Waals surface area contributed by atoms with Crippen molar-refractivity contribution in [2.75, 3.05) is 41.5 Å². The van der Waals surface area contributed by atoms with Crippen LogP contribution < -0.4 is 31.3 Å². The van der Waals surface area contributed by atoms with E-state index in [0.29, 0.717) is 72.8 Å². The van der Waals surface area contributed by atoms with E-state index in [1.807, 2.05) is 57.2 Å². The molecule has 1 aromatic carbocycles. The lowest BCUT2D eigenvalue weighted by Crippen LogP contribution is -2.46. The van der Waals surface area contributed by atoms with Gasteiger partial charge in [0.15, 0.2) is 0 Å². The fourth-order valence-electron chi connectivity index (χ4n) is 10.5. The predicted molar refractivity (Wildman–Crippen MR) is 289 cm³/mol. The van der Waals surface area contributed by atoms with Crippen LogP contribution in [0.4, 0.5) is 23.5 Å². The minimum Gasteiger partial charge on any atom is -0.470 e. The van der Waals surface area contributed by atoms with E-state index in [-0.39, 0.29) is 49.5 Å². The number of amides is 1. The maximum absolute atomic E-state index is 13.7. The Labute approximate surface area is 446 Å². The minimum absolute atomic E-state index is 0.0277. The van der Waals surface area contributed by atoms with Crippen molar-refractivity contribution in [1.82, 2.24) is 45.2 Å². The molecule has 21 nitrogen and oxygen atoms in total. The number of rotatable bonds is 20. The number of aromatic nitrogens is 8. The largest absolute Gasteiger partial charge is 0.470 e. The van der Waals surface area contributed by atoms with E-state index in [1.54, 1.807) is 25.6 Å². The average Bonchev–Trinajstić information content (AvgIpc) is 4.30. The summed E-state index contributed by atoms with van der Waals surface area (Å²) in [4.78, 5) is 52.6. The molecule has 7 aromatic rings. The number of aryl methyl sites for hydroxylation is 3. The first-order valence-electron chi connectivity index (χ1n) is 25.9. The zero-order valence-electron chi connectivity index (χ0n) is 42.7. The summed E-state index contributed by atoms with van der Waals surface area (Å²) in [5.74, 6) is 0.0356. The van der Waals surface area contributed by atoms with Gasteiger partial charge in [-0.05, 0) is 89.8 Å². The molecule has 76 heavy (non-hydrogen) atoms. The van der Waals surface area contributed by atoms with Crippen LogP contribution >= 0.6 is 22.7 Å². The van der Waals surface area contributed by atoms with Gasteiger partial charge in [0.2, 0.25) is 23.7 Å². The Morgan fingerprint density at radius 1 is 0.750 bits per heavy atom. The fraction of sp³-hybridized carbons (Fsp3) is 0.491. The Morgan fingerprint density at radius 2 is 1.38 bits per heavy atom. The molecule has 0 bridgehead atoms. The smallest absolute Gasteiger partial charge is 0.249 e. The van der Waals surface area contributed by atoms with Crippen LogP contribution in [-0.2, 0) is 9.53 Å². The van der Waals surface area contributed by atoms with E-state index in [4.69, 9.17) is 39.4 Å². The third-order valence-electron chi connectivity index (χ3n) is 15.2.